The number of H-pyrrole nitrogens is 1. The van der Waals surface area contributed by atoms with Gasteiger partial charge in [-0.15, -0.1) is 0 Å². The van der Waals surface area contributed by atoms with Crippen LogP contribution in [0.15, 0.2) is 41.5 Å². The topological polar surface area (TPSA) is 155 Å². The second kappa shape index (κ2) is 9.23. The van der Waals surface area contributed by atoms with Crippen molar-refractivity contribution in [2.45, 2.75) is 31.5 Å². The summed E-state index contributed by atoms with van der Waals surface area (Å²) in [6, 6.07) is 7.15. The first-order chi connectivity index (χ1) is 14.3. The molecule has 1 aliphatic rings. The van der Waals surface area contributed by atoms with Gasteiger partial charge in [0.1, 0.15) is 11.9 Å². The van der Waals surface area contributed by atoms with E-state index in [0.717, 1.165) is 5.56 Å². The summed E-state index contributed by atoms with van der Waals surface area (Å²) in [6.07, 6.45) is 2.56. The van der Waals surface area contributed by atoms with Crippen molar-refractivity contribution in [2.75, 3.05) is 6.54 Å². The van der Waals surface area contributed by atoms with Gasteiger partial charge in [-0.2, -0.15) is 0 Å². The smallest absolute Gasteiger partial charge is 0.326 e. The van der Waals surface area contributed by atoms with Gasteiger partial charge in [0.05, 0.1) is 6.34 Å². The fourth-order valence-corrected chi connectivity index (χ4v) is 3.09. The first-order valence-electron chi connectivity index (χ1n) is 9.35. The summed E-state index contributed by atoms with van der Waals surface area (Å²) in [5.74, 6) is -2.36. The Labute approximate surface area is 171 Å². The van der Waals surface area contributed by atoms with Gasteiger partial charge in [-0.05, 0) is 36.6 Å². The molecule has 10 nitrogen and oxygen atoms in total. The minimum absolute atomic E-state index is 0.197. The Morgan fingerprint density at radius 1 is 1.17 bits per heavy atom. The van der Waals surface area contributed by atoms with E-state index in [4.69, 9.17) is 10.2 Å². The lowest BCUT2D eigenvalue weighted by Crippen LogP contribution is -2.41. The maximum absolute atomic E-state index is 12.3. The summed E-state index contributed by atoms with van der Waals surface area (Å²) in [6.45, 7) is 0.511. The summed E-state index contributed by atoms with van der Waals surface area (Å²) in [5.41, 5.74) is 1.91. The second-order valence-electron chi connectivity index (χ2n) is 6.88. The molecule has 2 atom stereocenters. The van der Waals surface area contributed by atoms with Gasteiger partial charge in [0.15, 0.2) is 6.23 Å². The number of hydrogen-bond acceptors (Lipinski definition) is 6. The lowest BCUT2D eigenvalue weighted by molar-refractivity contribution is -0.140. The zero-order valence-electron chi connectivity index (χ0n) is 16.0. The number of rotatable bonds is 9. The molecular weight excluding hydrogens is 392 g/mol. The number of carbonyl (C=O) groups excluding carboxylic acids is 1. The SMILES string of the molecule is O=C(O)CC[C@H](NC(=O)c1ccc(CCN2C=Nc3[nH]ccc3C2O)cc1)C(=O)O. The van der Waals surface area contributed by atoms with Gasteiger partial charge in [-0.1, -0.05) is 12.1 Å². The average molecular weight is 414 g/mol. The summed E-state index contributed by atoms with van der Waals surface area (Å²) in [4.78, 5) is 43.0. The van der Waals surface area contributed by atoms with Crippen molar-refractivity contribution in [3.05, 3.63) is 53.2 Å². The largest absolute Gasteiger partial charge is 0.481 e. The minimum Gasteiger partial charge on any atom is -0.481 e. The minimum atomic E-state index is -1.28. The Balaban J connectivity index is 1.55. The third-order valence-corrected chi connectivity index (χ3v) is 4.81. The van der Waals surface area contributed by atoms with Crippen LogP contribution in [0.4, 0.5) is 5.82 Å². The zero-order chi connectivity index (χ0) is 21.7. The van der Waals surface area contributed by atoms with E-state index in [0.29, 0.717) is 24.3 Å². The molecule has 1 aromatic carbocycles. The first kappa shape index (κ1) is 21.1. The summed E-state index contributed by atoms with van der Waals surface area (Å²) < 4.78 is 0. The van der Waals surface area contributed by atoms with E-state index in [1.54, 1.807) is 47.8 Å². The standard InChI is InChI=1S/C20H22N4O6/c25-16(26)6-5-15(20(29)30)23-18(27)13-3-1-12(2-4-13)8-10-24-11-22-17-14(19(24)28)7-9-21-17/h1-4,7,9,11,15,19,21,28H,5-6,8,10H2,(H,23,27)(H,25,26)(H,29,30)/t15-,19?/m0/s1. The predicted octanol–water partition coefficient (Wildman–Crippen LogP) is 1.27. The number of benzene rings is 1. The molecule has 0 spiro atoms. The molecule has 2 heterocycles. The maximum Gasteiger partial charge on any atom is 0.326 e. The van der Waals surface area contributed by atoms with Crippen LogP contribution in [0.2, 0.25) is 0 Å². The average Bonchev–Trinajstić information content (AvgIpc) is 3.20. The molecule has 0 saturated heterocycles. The number of carboxylic acids is 2. The predicted molar refractivity (Wildman–Crippen MR) is 107 cm³/mol. The van der Waals surface area contributed by atoms with Crippen LogP contribution in [-0.4, -0.2) is 62.0 Å². The Kier molecular flexibility index (Phi) is 6.48. The van der Waals surface area contributed by atoms with Crippen LogP contribution >= 0.6 is 0 Å². The van der Waals surface area contributed by atoms with Gasteiger partial charge in [-0.25, -0.2) is 9.79 Å². The number of aromatic nitrogens is 1. The van der Waals surface area contributed by atoms with Crippen LogP contribution in [0.5, 0.6) is 0 Å². The van der Waals surface area contributed by atoms with Crippen LogP contribution in [0.3, 0.4) is 0 Å². The summed E-state index contributed by atoms with van der Waals surface area (Å²) in [5, 5.41) is 30.6. The number of aliphatic hydroxyl groups is 1. The van der Waals surface area contributed by atoms with Crippen LogP contribution in [0.25, 0.3) is 0 Å². The number of fused-ring (bicyclic) bond motifs is 1. The van der Waals surface area contributed by atoms with E-state index in [1.165, 1.54) is 0 Å². The highest BCUT2D eigenvalue weighted by molar-refractivity contribution is 5.96. The molecule has 30 heavy (non-hydrogen) atoms. The fraction of sp³-hybridized carbons (Fsp3) is 0.300. The number of aliphatic hydroxyl groups excluding tert-OH is 1. The van der Waals surface area contributed by atoms with Gasteiger partial charge < -0.3 is 30.5 Å². The molecule has 3 rings (SSSR count). The molecule has 158 valence electrons. The molecule has 0 saturated carbocycles. The molecule has 1 aliphatic heterocycles. The Morgan fingerprint density at radius 3 is 2.57 bits per heavy atom. The molecular formula is C20H22N4O6. The highest BCUT2D eigenvalue weighted by Gasteiger charge is 2.23. The highest BCUT2D eigenvalue weighted by Crippen LogP contribution is 2.29. The number of aliphatic imine (C=N–C) groups is 1. The normalized spacial score (nSPS) is 16.0. The van der Waals surface area contributed by atoms with Crippen molar-refractivity contribution in [1.82, 2.24) is 15.2 Å². The first-order valence-corrected chi connectivity index (χ1v) is 9.35. The van der Waals surface area contributed by atoms with Gasteiger partial charge in [-0.3, -0.25) is 9.59 Å². The second-order valence-corrected chi connectivity index (χ2v) is 6.88. The van der Waals surface area contributed by atoms with E-state index in [1.807, 2.05) is 0 Å². The van der Waals surface area contributed by atoms with Crippen molar-refractivity contribution >= 4 is 30.0 Å². The molecule has 0 radical (unpaired) electrons. The van der Waals surface area contributed by atoms with E-state index in [2.05, 4.69) is 15.3 Å². The molecule has 1 unspecified atom stereocenters. The van der Waals surface area contributed by atoms with E-state index in [9.17, 15) is 19.5 Å². The van der Waals surface area contributed by atoms with Gasteiger partial charge in [0.25, 0.3) is 5.91 Å². The summed E-state index contributed by atoms with van der Waals surface area (Å²) >= 11 is 0. The summed E-state index contributed by atoms with van der Waals surface area (Å²) in [7, 11) is 0. The van der Waals surface area contributed by atoms with Gasteiger partial charge in [0.2, 0.25) is 0 Å². The number of carbonyl (C=O) groups is 3. The third kappa shape index (κ3) is 5.03. The number of aliphatic carboxylic acids is 2. The molecule has 10 heteroatoms. The molecule has 0 aliphatic carbocycles. The number of aromatic amines is 1. The Hall–Kier alpha value is -3.66. The van der Waals surface area contributed by atoms with Gasteiger partial charge in [0, 0.05) is 30.3 Å². The highest BCUT2D eigenvalue weighted by atomic mass is 16.4. The van der Waals surface area contributed by atoms with Crippen molar-refractivity contribution in [2.24, 2.45) is 4.99 Å². The van der Waals surface area contributed by atoms with Crippen molar-refractivity contribution < 1.29 is 29.7 Å². The lowest BCUT2D eigenvalue weighted by Gasteiger charge is -2.28. The maximum atomic E-state index is 12.3. The Bertz CT molecular complexity index is 952. The number of hydrogen-bond donors (Lipinski definition) is 5. The van der Waals surface area contributed by atoms with Crippen LogP contribution in [-0.2, 0) is 16.0 Å². The van der Waals surface area contributed by atoms with Crippen molar-refractivity contribution in [3.63, 3.8) is 0 Å². The fourth-order valence-electron chi connectivity index (χ4n) is 3.09. The van der Waals surface area contributed by atoms with E-state index >= 15 is 0 Å². The number of nitrogens with one attached hydrogen (secondary N) is 2. The monoisotopic (exact) mass is 414 g/mol. The molecule has 5 N–H and O–H groups in total. The zero-order valence-corrected chi connectivity index (χ0v) is 16.0. The third-order valence-electron chi connectivity index (χ3n) is 4.81. The quantitative estimate of drug-likeness (QED) is 0.414. The Morgan fingerprint density at radius 2 is 1.90 bits per heavy atom. The van der Waals surface area contributed by atoms with E-state index in [-0.39, 0.29) is 18.4 Å². The molecule has 0 fully saturated rings. The molecule has 1 amide bonds. The molecule has 0 bridgehead atoms. The van der Waals surface area contributed by atoms with Crippen LogP contribution in [0.1, 0.15) is 40.6 Å². The van der Waals surface area contributed by atoms with Crippen LogP contribution < -0.4 is 5.32 Å². The number of amides is 1. The van der Waals surface area contributed by atoms with Crippen molar-refractivity contribution in [3.8, 4) is 0 Å². The number of nitrogens with zero attached hydrogens (tertiary/aromatic N) is 2. The number of carboxylic acid groups (broad SMARTS) is 2. The molecule has 1 aromatic heterocycles. The van der Waals surface area contributed by atoms with Crippen LogP contribution in [0, 0.1) is 0 Å². The van der Waals surface area contributed by atoms with Gasteiger partial charge >= 0.3 is 11.9 Å². The van der Waals surface area contributed by atoms with Crippen molar-refractivity contribution in [1.29, 1.82) is 0 Å². The molecule has 2 aromatic rings. The lowest BCUT2D eigenvalue weighted by atomic mass is 10.1. The van der Waals surface area contributed by atoms with E-state index < -0.39 is 30.1 Å².